The molecule has 0 unspecified atom stereocenters. The highest BCUT2D eigenvalue weighted by Crippen LogP contribution is 2.33. The van der Waals surface area contributed by atoms with Crippen LogP contribution < -0.4 is 5.11 Å². The van der Waals surface area contributed by atoms with Gasteiger partial charge < -0.3 is 14.8 Å². The molecule has 0 spiro atoms. The number of likely N-dealkylation sites (tertiary alicyclic amines) is 1. The number of carbonyl (C=O) groups is 2. The first-order valence-corrected chi connectivity index (χ1v) is 6.81. The van der Waals surface area contributed by atoms with Gasteiger partial charge in [0.1, 0.15) is 0 Å². The largest absolute Gasteiger partial charge is 0.550 e. The third-order valence-electron chi connectivity index (χ3n) is 3.78. The lowest BCUT2D eigenvalue weighted by molar-refractivity contribution is -0.313. The Morgan fingerprint density at radius 3 is 2.50 bits per heavy atom. The van der Waals surface area contributed by atoms with E-state index in [2.05, 4.69) is 0 Å². The molecule has 18 heavy (non-hydrogen) atoms. The van der Waals surface area contributed by atoms with Crippen LogP contribution in [0.2, 0.25) is 0 Å². The highest BCUT2D eigenvalue weighted by molar-refractivity contribution is 6.29. The van der Waals surface area contributed by atoms with Crippen molar-refractivity contribution < 1.29 is 14.7 Å². The van der Waals surface area contributed by atoms with Gasteiger partial charge in [0.15, 0.2) is 0 Å². The monoisotopic (exact) mass is 270 g/mol. The molecule has 1 fully saturated rings. The summed E-state index contributed by atoms with van der Waals surface area (Å²) in [4.78, 5) is 25.2. The fraction of sp³-hybridized carbons (Fsp3) is 0.692. The average molecular weight is 271 g/mol. The summed E-state index contributed by atoms with van der Waals surface area (Å²) in [6.07, 6.45) is 5.44. The Hall–Kier alpha value is -1.03. The minimum absolute atomic E-state index is 0.0739. The molecule has 1 amide bonds. The van der Waals surface area contributed by atoms with Crippen molar-refractivity contribution in [3.05, 3.63) is 11.1 Å². The van der Waals surface area contributed by atoms with E-state index in [1.54, 1.807) is 11.0 Å². The Morgan fingerprint density at radius 1 is 1.22 bits per heavy atom. The number of carboxylic acid groups (broad SMARTS) is 1. The van der Waals surface area contributed by atoms with Gasteiger partial charge in [0, 0.05) is 30.0 Å². The third kappa shape index (κ3) is 2.86. The van der Waals surface area contributed by atoms with Crippen molar-refractivity contribution in [1.82, 2.24) is 4.90 Å². The van der Waals surface area contributed by atoms with Crippen LogP contribution in [0, 0.1) is 11.8 Å². The number of allylic oxidation sites excluding steroid dienone is 2. The average Bonchev–Trinajstić information content (AvgIpc) is 2.38. The molecule has 0 saturated carbocycles. The first kappa shape index (κ1) is 13.4. The van der Waals surface area contributed by atoms with Gasteiger partial charge in [-0.25, -0.2) is 0 Å². The number of aliphatic carboxylic acids is 1. The van der Waals surface area contributed by atoms with Crippen LogP contribution in [0.1, 0.15) is 32.1 Å². The van der Waals surface area contributed by atoms with Gasteiger partial charge in [-0.05, 0) is 32.1 Å². The van der Waals surface area contributed by atoms with E-state index in [9.17, 15) is 14.7 Å². The molecule has 0 N–H and O–H groups in total. The van der Waals surface area contributed by atoms with E-state index < -0.39 is 17.8 Å². The first-order valence-electron chi connectivity index (χ1n) is 6.44. The van der Waals surface area contributed by atoms with Crippen molar-refractivity contribution in [3.63, 3.8) is 0 Å². The number of amides is 1. The number of hydrogen-bond acceptors (Lipinski definition) is 3. The summed E-state index contributed by atoms with van der Waals surface area (Å²) < 4.78 is 0. The Kier molecular flexibility index (Phi) is 4.27. The molecule has 1 aliphatic heterocycles. The minimum Gasteiger partial charge on any atom is -0.550 e. The van der Waals surface area contributed by atoms with Gasteiger partial charge in [-0.1, -0.05) is 17.7 Å². The van der Waals surface area contributed by atoms with Crippen molar-refractivity contribution in [2.45, 2.75) is 32.1 Å². The second-order valence-corrected chi connectivity index (χ2v) is 5.49. The Labute approximate surface area is 112 Å². The van der Waals surface area contributed by atoms with Crippen LogP contribution >= 0.6 is 11.6 Å². The SMILES string of the molecule is O=C([O-])[C@H]1CC=C(Cl)C[C@@H]1C(=O)N1CCCCC1. The number of rotatable bonds is 2. The van der Waals surface area contributed by atoms with Gasteiger partial charge in [0.05, 0.1) is 5.92 Å². The fourth-order valence-electron chi connectivity index (χ4n) is 2.72. The zero-order valence-corrected chi connectivity index (χ0v) is 11.0. The van der Waals surface area contributed by atoms with Gasteiger partial charge in [-0.2, -0.15) is 0 Å². The molecule has 100 valence electrons. The molecule has 0 radical (unpaired) electrons. The lowest BCUT2D eigenvalue weighted by Gasteiger charge is -2.35. The van der Waals surface area contributed by atoms with Crippen LogP contribution in [0.3, 0.4) is 0 Å². The van der Waals surface area contributed by atoms with Crippen LogP contribution in [-0.2, 0) is 9.59 Å². The molecule has 5 heteroatoms. The number of piperidine rings is 1. The maximum absolute atomic E-state index is 12.4. The molecule has 0 aromatic rings. The van der Waals surface area contributed by atoms with Crippen LogP contribution in [0.4, 0.5) is 0 Å². The van der Waals surface area contributed by atoms with Crippen molar-refractivity contribution in [2.75, 3.05) is 13.1 Å². The third-order valence-corrected chi connectivity index (χ3v) is 4.09. The molecule has 1 heterocycles. The van der Waals surface area contributed by atoms with Crippen LogP contribution in [0.5, 0.6) is 0 Å². The standard InChI is InChI=1S/C13H18ClNO3/c14-9-4-5-10(13(17)18)11(8-9)12(16)15-6-2-1-3-7-15/h4,10-11H,1-3,5-8H2,(H,17,18)/p-1/t10-,11-/m0/s1. The molecule has 2 aliphatic rings. The van der Waals surface area contributed by atoms with Gasteiger partial charge in [0.2, 0.25) is 5.91 Å². The maximum Gasteiger partial charge on any atom is 0.226 e. The Bertz CT molecular complexity index is 374. The summed E-state index contributed by atoms with van der Waals surface area (Å²) in [5.41, 5.74) is 0. The zero-order valence-electron chi connectivity index (χ0n) is 10.2. The number of carbonyl (C=O) groups excluding carboxylic acids is 2. The summed E-state index contributed by atoms with van der Waals surface area (Å²) in [5, 5.41) is 11.7. The number of halogens is 1. The van der Waals surface area contributed by atoms with Crippen molar-refractivity contribution in [2.24, 2.45) is 11.8 Å². The number of carboxylic acids is 1. The molecule has 1 saturated heterocycles. The number of nitrogens with zero attached hydrogens (tertiary/aromatic N) is 1. The van der Waals surface area contributed by atoms with Crippen LogP contribution in [-0.4, -0.2) is 29.9 Å². The molecule has 2 atom stereocenters. The van der Waals surface area contributed by atoms with Gasteiger partial charge >= 0.3 is 0 Å². The summed E-state index contributed by atoms with van der Waals surface area (Å²) in [6.45, 7) is 1.47. The molecule has 1 aliphatic carbocycles. The summed E-state index contributed by atoms with van der Waals surface area (Å²) in [7, 11) is 0. The smallest absolute Gasteiger partial charge is 0.226 e. The lowest BCUT2D eigenvalue weighted by atomic mass is 9.81. The van der Waals surface area contributed by atoms with E-state index >= 15 is 0 Å². The first-order chi connectivity index (χ1) is 8.59. The van der Waals surface area contributed by atoms with E-state index in [1.165, 1.54) is 0 Å². The predicted octanol–water partition coefficient (Wildman–Crippen LogP) is 0.898. The summed E-state index contributed by atoms with van der Waals surface area (Å²) >= 11 is 5.94. The molecular weight excluding hydrogens is 254 g/mol. The molecule has 0 bridgehead atoms. The van der Waals surface area contributed by atoms with Crippen LogP contribution in [0.15, 0.2) is 11.1 Å². The number of hydrogen-bond donors (Lipinski definition) is 0. The van der Waals surface area contributed by atoms with E-state index in [0.717, 1.165) is 32.4 Å². The topological polar surface area (TPSA) is 60.4 Å². The van der Waals surface area contributed by atoms with Crippen molar-refractivity contribution in [1.29, 1.82) is 0 Å². The summed E-state index contributed by atoms with van der Waals surface area (Å²) in [6, 6.07) is 0. The molecule has 2 rings (SSSR count). The summed E-state index contributed by atoms with van der Waals surface area (Å²) in [5.74, 6) is -2.51. The maximum atomic E-state index is 12.4. The van der Waals surface area contributed by atoms with E-state index in [0.29, 0.717) is 17.9 Å². The second-order valence-electron chi connectivity index (χ2n) is 5.01. The van der Waals surface area contributed by atoms with E-state index in [4.69, 9.17) is 11.6 Å². The zero-order chi connectivity index (χ0) is 13.1. The molecule has 4 nitrogen and oxygen atoms in total. The lowest BCUT2D eigenvalue weighted by Crippen LogP contribution is -2.47. The molecule has 0 aromatic heterocycles. The highest BCUT2D eigenvalue weighted by atomic mass is 35.5. The van der Waals surface area contributed by atoms with Gasteiger partial charge in [0.25, 0.3) is 0 Å². The van der Waals surface area contributed by atoms with Crippen molar-refractivity contribution >= 4 is 23.5 Å². The molecule has 0 aromatic carbocycles. The Morgan fingerprint density at radius 2 is 1.89 bits per heavy atom. The predicted molar refractivity (Wildman–Crippen MR) is 65.6 cm³/mol. The minimum atomic E-state index is -1.15. The second kappa shape index (κ2) is 5.74. The van der Waals surface area contributed by atoms with Crippen LogP contribution in [0.25, 0.3) is 0 Å². The Balaban J connectivity index is 2.10. The van der Waals surface area contributed by atoms with E-state index in [-0.39, 0.29) is 5.91 Å². The van der Waals surface area contributed by atoms with Gasteiger partial charge in [-0.3, -0.25) is 4.79 Å². The quantitative estimate of drug-likeness (QED) is 0.749. The highest BCUT2D eigenvalue weighted by Gasteiger charge is 2.35. The van der Waals surface area contributed by atoms with E-state index in [1.807, 2.05) is 0 Å². The van der Waals surface area contributed by atoms with Gasteiger partial charge in [-0.15, -0.1) is 0 Å². The van der Waals surface area contributed by atoms with Crippen molar-refractivity contribution in [3.8, 4) is 0 Å². The molecular formula is C13H17ClNO3-. The fourth-order valence-corrected chi connectivity index (χ4v) is 2.98. The normalized spacial score (nSPS) is 28.7.